The number of nitrogens with one attached hydrogen (secondary N) is 1. The van der Waals surface area contributed by atoms with Crippen molar-refractivity contribution in [1.82, 2.24) is 5.32 Å². The molecule has 1 heterocycles. The van der Waals surface area contributed by atoms with Gasteiger partial charge in [0.25, 0.3) is 11.8 Å². The van der Waals surface area contributed by atoms with Gasteiger partial charge in [0.2, 0.25) is 0 Å². The lowest BCUT2D eigenvalue weighted by Crippen LogP contribution is -2.54. The molecule has 0 aromatic heterocycles. The molecule has 6 nitrogen and oxygen atoms in total. The minimum Gasteiger partial charge on any atom is -0.506 e. The molecule has 0 unspecified atom stereocenters. The van der Waals surface area contributed by atoms with Crippen LogP contribution in [0.3, 0.4) is 0 Å². The van der Waals surface area contributed by atoms with Gasteiger partial charge in [-0.25, -0.2) is 0 Å². The Labute approximate surface area is 166 Å². The molecule has 138 valence electrons. The van der Waals surface area contributed by atoms with Crippen LogP contribution < -0.4 is 15.0 Å². The number of nitrogens with zero attached hydrogens (tertiary/aromatic N) is 1. The summed E-state index contributed by atoms with van der Waals surface area (Å²) in [6, 6.07) is 11.2. The summed E-state index contributed by atoms with van der Waals surface area (Å²) in [5.41, 5.74) is 0.901. The molecule has 0 aliphatic carbocycles. The Morgan fingerprint density at radius 2 is 1.93 bits per heavy atom. The third kappa shape index (κ3) is 3.94. The third-order valence-corrected chi connectivity index (χ3v) is 4.38. The van der Waals surface area contributed by atoms with E-state index in [2.05, 4.69) is 5.32 Å². The van der Waals surface area contributed by atoms with Crippen molar-refractivity contribution >= 4 is 52.5 Å². The normalized spacial score (nSPS) is 15.9. The van der Waals surface area contributed by atoms with Crippen molar-refractivity contribution in [1.29, 1.82) is 0 Å². The minimum atomic E-state index is -0.601. The van der Waals surface area contributed by atoms with E-state index >= 15 is 0 Å². The molecule has 1 saturated heterocycles. The van der Waals surface area contributed by atoms with Gasteiger partial charge in [-0.3, -0.25) is 19.8 Å². The lowest BCUT2D eigenvalue weighted by atomic mass is 10.1. The molecule has 1 fully saturated rings. The van der Waals surface area contributed by atoms with Crippen LogP contribution in [0.25, 0.3) is 6.08 Å². The smallest absolute Gasteiger partial charge is 0.270 e. The van der Waals surface area contributed by atoms with Crippen LogP contribution in [0.4, 0.5) is 5.69 Å². The maximum atomic E-state index is 12.9. The Morgan fingerprint density at radius 3 is 2.56 bits per heavy atom. The largest absolute Gasteiger partial charge is 0.506 e. The molecule has 0 radical (unpaired) electrons. The number of halogens is 1. The van der Waals surface area contributed by atoms with Crippen LogP contribution in [-0.2, 0) is 9.59 Å². The fourth-order valence-corrected chi connectivity index (χ4v) is 3.00. The first-order chi connectivity index (χ1) is 12.9. The van der Waals surface area contributed by atoms with Gasteiger partial charge in [-0.05, 0) is 67.2 Å². The highest BCUT2D eigenvalue weighted by Crippen LogP contribution is 2.27. The van der Waals surface area contributed by atoms with Crippen LogP contribution in [0.2, 0.25) is 5.02 Å². The highest BCUT2D eigenvalue weighted by atomic mass is 35.5. The van der Waals surface area contributed by atoms with Crippen LogP contribution >= 0.6 is 23.8 Å². The second-order valence-corrected chi connectivity index (χ2v) is 6.39. The van der Waals surface area contributed by atoms with E-state index in [0.717, 1.165) is 0 Å². The summed E-state index contributed by atoms with van der Waals surface area (Å²) in [6.45, 7) is 2.40. The van der Waals surface area contributed by atoms with E-state index in [4.69, 9.17) is 28.6 Å². The standard InChI is InChI=1S/C19H15ClN2O4S/c1-2-26-13-6-4-12(5-7-13)22-18(25)14(17(24)21-19(22)27)9-11-3-8-16(23)15(20)10-11/h3-10,23H,2H2,1H3,(H,21,24,27)/b14-9+. The number of hydrogen-bond donors (Lipinski definition) is 2. The molecule has 0 spiro atoms. The minimum absolute atomic E-state index is 0.00458. The van der Waals surface area contributed by atoms with Gasteiger partial charge >= 0.3 is 0 Å². The van der Waals surface area contributed by atoms with E-state index < -0.39 is 11.8 Å². The highest BCUT2D eigenvalue weighted by molar-refractivity contribution is 7.80. The molecular weight excluding hydrogens is 388 g/mol. The van der Waals surface area contributed by atoms with Crippen LogP contribution in [-0.4, -0.2) is 28.6 Å². The Bertz CT molecular complexity index is 957. The molecule has 27 heavy (non-hydrogen) atoms. The van der Waals surface area contributed by atoms with Gasteiger partial charge in [-0.2, -0.15) is 0 Å². The van der Waals surface area contributed by atoms with Crippen molar-refractivity contribution in [3.63, 3.8) is 0 Å². The fourth-order valence-electron chi connectivity index (χ4n) is 2.53. The Morgan fingerprint density at radius 1 is 1.22 bits per heavy atom. The summed E-state index contributed by atoms with van der Waals surface area (Å²) in [4.78, 5) is 26.4. The van der Waals surface area contributed by atoms with Crippen LogP contribution in [0, 0.1) is 0 Å². The molecule has 3 rings (SSSR count). The van der Waals surface area contributed by atoms with Crippen molar-refractivity contribution in [3.05, 3.63) is 58.6 Å². The van der Waals surface area contributed by atoms with E-state index in [1.807, 2.05) is 6.92 Å². The second-order valence-electron chi connectivity index (χ2n) is 5.60. The topological polar surface area (TPSA) is 78.9 Å². The zero-order valence-corrected chi connectivity index (χ0v) is 15.8. The predicted octanol–water partition coefficient (Wildman–Crippen LogP) is 3.28. The van der Waals surface area contributed by atoms with Crippen molar-refractivity contribution in [2.75, 3.05) is 11.5 Å². The number of aromatic hydroxyl groups is 1. The van der Waals surface area contributed by atoms with E-state index in [1.165, 1.54) is 23.1 Å². The number of carbonyl (C=O) groups is 2. The van der Waals surface area contributed by atoms with Gasteiger partial charge in [0.05, 0.1) is 17.3 Å². The highest BCUT2D eigenvalue weighted by Gasteiger charge is 2.34. The van der Waals surface area contributed by atoms with Gasteiger partial charge in [0.1, 0.15) is 17.1 Å². The summed E-state index contributed by atoms with van der Waals surface area (Å²) in [7, 11) is 0. The molecule has 0 bridgehead atoms. The first-order valence-corrected chi connectivity index (χ1v) is 8.82. The van der Waals surface area contributed by atoms with Crippen molar-refractivity contribution in [2.24, 2.45) is 0 Å². The monoisotopic (exact) mass is 402 g/mol. The summed E-state index contributed by atoms with van der Waals surface area (Å²) in [5.74, 6) is -0.584. The van der Waals surface area contributed by atoms with E-state index in [0.29, 0.717) is 23.6 Å². The Balaban J connectivity index is 1.95. The van der Waals surface area contributed by atoms with Crippen LogP contribution in [0.5, 0.6) is 11.5 Å². The molecule has 0 atom stereocenters. The molecule has 2 aromatic carbocycles. The van der Waals surface area contributed by atoms with Gasteiger partial charge in [-0.15, -0.1) is 0 Å². The summed E-state index contributed by atoms with van der Waals surface area (Å²) in [5, 5.41) is 12.1. The number of phenolic OH excluding ortho intramolecular Hbond substituents is 1. The van der Waals surface area contributed by atoms with Crippen molar-refractivity contribution in [3.8, 4) is 11.5 Å². The number of thiocarbonyl (C=S) groups is 1. The van der Waals surface area contributed by atoms with Gasteiger partial charge in [0, 0.05) is 0 Å². The molecule has 1 aliphatic heterocycles. The lowest BCUT2D eigenvalue weighted by Gasteiger charge is -2.29. The SMILES string of the molecule is CCOc1ccc(N2C(=O)/C(=C/c3ccc(O)c(Cl)c3)C(=O)NC2=S)cc1. The predicted molar refractivity (Wildman–Crippen MR) is 107 cm³/mol. The number of benzene rings is 2. The average Bonchev–Trinajstić information content (AvgIpc) is 2.63. The molecule has 8 heteroatoms. The van der Waals surface area contributed by atoms with Gasteiger partial charge in [0.15, 0.2) is 5.11 Å². The van der Waals surface area contributed by atoms with E-state index in [9.17, 15) is 14.7 Å². The fraction of sp³-hybridized carbons (Fsp3) is 0.105. The Kier molecular flexibility index (Phi) is 5.43. The molecular formula is C19H15ClN2O4S. The number of phenols is 1. The molecule has 1 aliphatic rings. The Hall–Kier alpha value is -2.90. The molecule has 2 amide bonds. The number of hydrogen-bond acceptors (Lipinski definition) is 5. The number of amides is 2. The van der Waals surface area contributed by atoms with E-state index in [-0.39, 0.29) is 21.5 Å². The molecule has 2 aromatic rings. The molecule has 0 saturated carbocycles. The maximum Gasteiger partial charge on any atom is 0.270 e. The first-order valence-electron chi connectivity index (χ1n) is 8.03. The zero-order valence-electron chi connectivity index (χ0n) is 14.2. The number of ether oxygens (including phenoxy) is 1. The summed E-state index contributed by atoms with van der Waals surface area (Å²) >= 11 is 11.0. The van der Waals surface area contributed by atoms with Crippen LogP contribution in [0.1, 0.15) is 12.5 Å². The van der Waals surface area contributed by atoms with Crippen LogP contribution in [0.15, 0.2) is 48.0 Å². The van der Waals surface area contributed by atoms with Crippen molar-refractivity contribution < 1.29 is 19.4 Å². The summed E-state index contributed by atoms with van der Waals surface area (Å²) < 4.78 is 5.39. The van der Waals surface area contributed by atoms with Crippen molar-refractivity contribution in [2.45, 2.75) is 6.92 Å². The lowest BCUT2D eigenvalue weighted by molar-refractivity contribution is -0.122. The third-order valence-electron chi connectivity index (χ3n) is 3.79. The number of carbonyl (C=O) groups excluding carboxylic acids is 2. The van der Waals surface area contributed by atoms with Gasteiger partial charge < -0.3 is 9.84 Å². The zero-order chi connectivity index (χ0) is 19.6. The first kappa shape index (κ1) is 18.9. The molecule has 2 N–H and O–H groups in total. The average molecular weight is 403 g/mol. The quantitative estimate of drug-likeness (QED) is 0.466. The maximum absolute atomic E-state index is 12.9. The number of anilines is 1. The van der Waals surface area contributed by atoms with E-state index in [1.54, 1.807) is 30.3 Å². The van der Waals surface area contributed by atoms with Gasteiger partial charge in [-0.1, -0.05) is 17.7 Å². The number of rotatable bonds is 4. The second kappa shape index (κ2) is 7.77. The summed E-state index contributed by atoms with van der Waals surface area (Å²) in [6.07, 6.45) is 1.40.